The molecule has 0 aliphatic carbocycles. The van der Waals surface area contributed by atoms with Gasteiger partial charge in [-0.2, -0.15) is 0 Å². The van der Waals surface area contributed by atoms with E-state index in [0.717, 1.165) is 12.8 Å². The number of nitrogens with one attached hydrogen (secondary N) is 1. The van der Waals surface area contributed by atoms with Crippen LogP contribution < -0.4 is 5.73 Å². The number of aromatic nitrogens is 2. The Morgan fingerprint density at radius 1 is 1.27 bits per heavy atom. The number of benzene rings is 1. The number of primary amides is 1. The molecule has 0 atom stereocenters. The lowest BCUT2D eigenvalue weighted by molar-refractivity contribution is 0.0996. The first-order chi connectivity index (χ1) is 10.6. The number of nitrogens with zero attached hydrogens (tertiary/aromatic N) is 4. The Hall–Kier alpha value is -2.70. The zero-order chi connectivity index (χ0) is 15.9. The van der Waals surface area contributed by atoms with Crippen molar-refractivity contribution in [3.05, 3.63) is 47.4 Å². The van der Waals surface area contributed by atoms with Gasteiger partial charge in [0.1, 0.15) is 5.82 Å². The summed E-state index contributed by atoms with van der Waals surface area (Å²) < 4.78 is 0. The highest BCUT2D eigenvalue weighted by atomic mass is 16.1. The van der Waals surface area contributed by atoms with Crippen LogP contribution in [0.25, 0.3) is 0 Å². The van der Waals surface area contributed by atoms with E-state index in [1.165, 1.54) is 10.6 Å². The molecule has 0 bridgehead atoms. The molecule has 0 spiro atoms. The molecule has 7 nitrogen and oxygen atoms in total. The Bertz CT molecular complexity index is 647. The highest BCUT2D eigenvalue weighted by Crippen LogP contribution is 2.17. The zero-order valence-corrected chi connectivity index (χ0v) is 12.8. The van der Waals surface area contributed by atoms with Crippen molar-refractivity contribution in [1.29, 1.82) is 0 Å². The van der Waals surface area contributed by atoms with Crippen molar-refractivity contribution < 1.29 is 4.79 Å². The molecule has 3 N–H and O–H groups in total. The van der Waals surface area contributed by atoms with Gasteiger partial charge in [0.05, 0.1) is 0 Å². The lowest BCUT2D eigenvalue weighted by Crippen LogP contribution is -2.11. The number of imidazole rings is 1. The smallest absolute Gasteiger partial charge is 0.269 e. The van der Waals surface area contributed by atoms with Gasteiger partial charge in [0.15, 0.2) is 5.69 Å². The molecular formula is C15H20N6O. The van der Waals surface area contributed by atoms with Crippen LogP contribution in [-0.4, -0.2) is 35.0 Å². The molecular weight excluding hydrogens is 280 g/mol. The number of aryl methyl sites for hydroxylation is 2. The number of rotatable bonds is 7. The summed E-state index contributed by atoms with van der Waals surface area (Å²) in [5.41, 5.74) is 6.80. The van der Waals surface area contributed by atoms with Crippen LogP contribution in [0.3, 0.4) is 0 Å². The molecule has 7 heteroatoms. The van der Waals surface area contributed by atoms with Crippen LogP contribution in [-0.2, 0) is 12.8 Å². The fourth-order valence-electron chi connectivity index (χ4n) is 2.01. The van der Waals surface area contributed by atoms with Gasteiger partial charge >= 0.3 is 0 Å². The predicted molar refractivity (Wildman–Crippen MR) is 83.8 cm³/mol. The van der Waals surface area contributed by atoms with Gasteiger partial charge in [-0.25, -0.2) is 4.98 Å². The van der Waals surface area contributed by atoms with E-state index in [4.69, 9.17) is 5.73 Å². The molecule has 0 fully saturated rings. The molecule has 1 aromatic heterocycles. The number of carbonyl (C=O) groups is 1. The van der Waals surface area contributed by atoms with E-state index in [-0.39, 0.29) is 11.5 Å². The van der Waals surface area contributed by atoms with Crippen molar-refractivity contribution in [2.45, 2.75) is 19.3 Å². The van der Waals surface area contributed by atoms with Gasteiger partial charge < -0.3 is 10.7 Å². The van der Waals surface area contributed by atoms with Crippen molar-refractivity contribution in [3.8, 4) is 0 Å². The van der Waals surface area contributed by atoms with Gasteiger partial charge in [-0.1, -0.05) is 35.6 Å². The number of H-pyrrole nitrogens is 1. The van der Waals surface area contributed by atoms with Crippen LogP contribution in [0.4, 0.5) is 5.82 Å². The van der Waals surface area contributed by atoms with E-state index in [1.807, 2.05) is 18.2 Å². The second-order valence-corrected chi connectivity index (χ2v) is 5.12. The lowest BCUT2D eigenvalue weighted by Gasteiger charge is -1.99. The van der Waals surface area contributed by atoms with E-state index in [1.54, 1.807) is 14.1 Å². The molecule has 0 aliphatic heterocycles. The first kappa shape index (κ1) is 15.7. The molecule has 0 unspecified atom stereocenters. The first-order valence-corrected chi connectivity index (χ1v) is 7.08. The zero-order valence-electron chi connectivity index (χ0n) is 12.8. The summed E-state index contributed by atoms with van der Waals surface area (Å²) >= 11 is 0. The van der Waals surface area contributed by atoms with Crippen LogP contribution in [0.1, 0.15) is 28.3 Å². The van der Waals surface area contributed by atoms with Crippen molar-refractivity contribution in [2.75, 3.05) is 14.1 Å². The number of hydrogen-bond donors (Lipinski definition) is 2. The van der Waals surface area contributed by atoms with Crippen LogP contribution >= 0.6 is 0 Å². The fraction of sp³-hybridized carbons (Fsp3) is 0.333. The summed E-state index contributed by atoms with van der Waals surface area (Å²) in [6.07, 6.45) is 2.58. The third kappa shape index (κ3) is 4.41. The van der Waals surface area contributed by atoms with Crippen molar-refractivity contribution in [2.24, 2.45) is 16.1 Å². The Morgan fingerprint density at radius 3 is 2.64 bits per heavy atom. The summed E-state index contributed by atoms with van der Waals surface area (Å²) in [5.74, 6) is 0.336. The molecule has 2 aromatic rings. The molecule has 1 aromatic carbocycles. The monoisotopic (exact) mass is 300 g/mol. The summed E-state index contributed by atoms with van der Waals surface area (Å²) in [7, 11) is 3.47. The lowest BCUT2D eigenvalue weighted by atomic mass is 10.1. The maximum Gasteiger partial charge on any atom is 0.269 e. The number of hydrogen-bond acceptors (Lipinski definition) is 4. The minimum Gasteiger partial charge on any atom is -0.364 e. The Labute approximate surface area is 129 Å². The van der Waals surface area contributed by atoms with Gasteiger partial charge in [0.25, 0.3) is 5.91 Å². The van der Waals surface area contributed by atoms with Gasteiger partial charge in [-0.15, -0.1) is 5.11 Å². The number of amides is 1. The minimum absolute atomic E-state index is 0.195. The standard InChI is InChI=1S/C15H20N6O/c1-21(2)20-19-15-13(14(16)22)17-12(18-15)10-6-9-11-7-4-3-5-8-11/h3-5,7-8H,6,9-10H2,1-2H3,(H2,16,22)(H,17,18). The van der Waals surface area contributed by atoms with E-state index in [0.29, 0.717) is 12.2 Å². The molecule has 116 valence electrons. The molecule has 2 rings (SSSR count). The van der Waals surface area contributed by atoms with Crippen LogP contribution in [0.15, 0.2) is 40.7 Å². The molecule has 0 aliphatic rings. The molecule has 0 saturated heterocycles. The van der Waals surface area contributed by atoms with Crippen LogP contribution in [0.2, 0.25) is 0 Å². The second kappa shape index (κ2) is 7.35. The Balaban J connectivity index is 2.02. The van der Waals surface area contributed by atoms with Crippen molar-refractivity contribution in [3.63, 3.8) is 0 Å². The summed E-state index contributed by atoms with van der Waals surface area (Å²) in [4.78, 5) is 18.6. The fourth-order valence-corrected chi connectivity index (χ4v) is 2.01. The Kier molecular flexibility index (Phi) is 5.24. The highest BCUT2D eigenvalue weighted by molar-refractivity contribution is 5.95. The topological polar surface area (TPSA) is 99.7 Å². The third-order valence-electron chi connectivity index (χ3n) is 3.02. The first-order valence-electron chi connectivity index (χ1n) is 7.08. The van der Waals surface area contributed by atoms with Crippen molar-refractivity contribution in [1.82, 2.24) is 15.0 Å². The maximum atomic E-state index is 11.4. The minimum atomic E-state index is -0.588. The average molecular weight is 300 g/mol. The van der Waals surface area contributed by atoms with E-state index < -0.39 is 5.91 Å². The number of aromatic amines is 1. The summed E-state index contributed by atoms with van der Waals surface area (Å²) in [6, 6.07) is 10.2. The maximum absolute atomic E-state index is 11.4. The molecule has 1 heterocycles. The van der Waals surface area contributed by atoms with Gasteiger partial charge in [0, 0.05) is 20.5 Å². The van der Waals surface area contributed by atoms with Gasteiger partial charge in [0.2, 0.25) is 5.82 Å². The predicted octanol–water partition coefficient (Wildman–Crippen LogP) is 2.24. The number of carbonyl (C=O) groups excluding carboxylic acids is 1. The van der Waals surface area contributed by atoms with Crippen LogP contribution in [0.5, 0.6) is 0 Å². The largest absolute Gasteiger partial charge is 0.364 e. The molecule has 0 radical (unpaired) electrons. The summed E-state index contributed by atoms with van der Waals surface area (Å²) in [6.45, 7) is 0. The Morgan fingerprint density at radius 2 is 2.00 bits per heavy atom. The highest BCUT2D eigenvalue weighted by Gasteiger charge is 2.14. The van der Waals surface area contributed by atoms with E-state index >= 15 is 0 Å². The van der Waals surface area contributed by atoms with E-state index in [9.17, 15) is 4.79 Å². The van der Waals surface area contributed by atoms with Gasteiger partial charge in [-0.3, -0.25) is 9.80 Å². The normalized spacial score (nSPS) is 11.0. The van der Waals surface area contributed by atoms with Gasteiger partial charge in [-0.05, 0) is 18.4 Å². The quantitative estimate of drug-likeness (QED) is 0.605. The average Bonchev–Trinajstić information content (AvgIpc) is 2.90. The third-order valence-corrected chi connectivity index (χ3v) is 3.02. The summed E-state index contributed by atoms with van der Waals surface area (Å²) in [5, 5.41) is 9.29. The second-order valence-electron chi connectivity index (χ2n) is 5.12. The molecule has 22 heavy (non-hydrogen) atoms. The molecule has 1 amide bonds. The van der Waals surface area contributed by atoms with Crippen LogP contribution in [0, 0.1) is 0 Å². The molecule has 0 saturated carbocycles. The SMILES string of the molecule is CN(C)N=Nc1nc(CCCc2ccccc2)[nH]c1C(N)=O. The van der Waals surface area contributed by atoms with Crippen molar-refractivity contribution >= 4 is 11.7 Å². The van der Waals surface area contributed by atoms with E-state index in [2.05, 4.69) is 32.4 Å². The number of nitrogens with two attached hydrogens (primary N) is 1.